The first kappa shape index (κ1) is 19.9. The van der Waals surface area contributed by atoms with Crippen LogP contribution in [0.1, 0.15) is 12.0 Å². The Kier molecular flexibility index (Phi) is 5.69. The van der Waals surface area contributed by atoms with Crippen LogP contribution in [0.25, 0.3) is 0 Å². The Morgan fingerprint density at radius 1 is 1.10 bits per heavy atom. The predicted molar refractivity (Wildman–Crippen MR) is 113 cm³/mol. The van der Waals surface area contributed by atoms with E-state index in [-0.39, 0.29) is 17.6 Å². The van der Waals surface area contributed by atoms with Gasteiger partial charge in [0, 0.05) is 63.6 Å². The number of rotatable bonds is 5. The van der Waals surface area contributed by atoms with E-state index in [0.717, 1.165) is 37.7 Å². The number of nitrogens with two attached hydrogens (primary N) is 1. The number of hydrogen-bond acceptors (Lipinski definition) is 6. The Labute approximate surface area is 174 Å². The van der Waals surface area contributed by atoms with Gasteiger partial charge in [0.15, 0.2) is 5.84 Å². The SMILES string of the molecule is CN1CC[C@@H](O/N=C(\N)c2ccc(N3CCN(c4ccc(F)cc4)CC3)nc2)C1=O. The van der Waals surface area contributed by atoms with Crippen LogP contribution in [0.3, 0.4) is 0 Å². The first-order chi connectivity index (χ1) is 14.5. The van der Waals surface area contributed by atoms with Crippen molar-refractivity contribution in [1.82, 2.24) is 9.88 Å². The van der Waals surface area contributed by atoms with E-state index in [9.17, 15) is 9.18 Å². The van der Waals surface area contributed by atoms with Crippen LogP contribution in [-0.2, 0) is 9.63 Å². The molecular weight excluding hydrogens is 387 g/mol. The van der Waals surface area contributed by atoms with Crippen molar-refractivity contribution in [2.75, 3.05) is 49.6 Å². The van der Waals surface area contributed by atoms with Crippen LogP contribution < -0.4 is 15.5 Å². The highest BCUT2D eigenvalue weighted by Crippen LogP contribution is 2.20. The molecule has 158 valence electrons. The van der Waals surface area contributed by atoms with E-state index >= 15 is 0 Å². The average Bonchev–Trinajstić information content (AvgIpc) is 3.10. The zero-order valence-electron chi connectivity index (χ0n) is 16.9. The van der Waals surface area contributed by atoms with Gasteiger partial charge < -0.3 is 25.3 Å². The third-order valence-electron chi connectivity index (χ3n) is 5.50. The fraction of sp³-hybridized carbons (Fsp3) is 0.381. The van der Waals surface area contributed by atoms with Crippen molar-refractivity contribution in [3.8, 4) is 0 Å². The molecule has 1 atom stereocenters. The summed E-state index contributed by atoms with van der Waals surface area (Å²) in [5.74, 6) is 0.744. The van der Waals surface area contributed by atoms with Gasteiger partial charge in [0.1, 0.15) is 11.6 Å². The Morgan fingerprint density at radius 2 is 1.80 bits per heavy atom. The summed E-state index contributed by atoms with van der Waals surface area (Å²) >= 11 is 0. The molecule has 0 bridgehead atoms. The Balaban J connectivity index is 1.33. The molecule has 2 aliphatic heterocycles. The number of benzene rings is 1. The highest BCUT2D eigenvalue weighted by Gasteiger charge is 2.31. The van der Waals surface area contributed by atoms with Gasteiger partial charge in [0.2, 0.25) is 6.10 Å². The normalized spacial score (nSPS) is 20.1. The maximum absolute atomic E-state index is 13.1. The lowest BCUT2D eigenvalue weighted by Crippen LogP contribution is -2.46. The lowest BCUT2D eigenvalue weighted by atomic mass is 10.2. The molecule has 1 aromatic carbocycles. The van der Waals surface area contributed by atoms with Gasteiger partial charge in [0.05, 0.1) is 0 Å². The van der Waals surface area contributed by atoms with Gasteiger partial charge >= 0.3 is 0 Å². The third-order valence-corrected chi connectivity index (χ3v) is 5.50. The van der Waals surface area contributed by atoms with Gasteiger partial charge in [-0.2, -0.15) is 0 Å². The van der Waals surface area contributed by atoms with Crippen molar-refractivity contribution in [2.45, 2.75) is 12.5 Å². The average molecular weight is 412 g/mol. The van der Waals surface area contributed by atoms with Crippen molar-refractivity contribution in [2.24, 2.45) is 10.9 Å². The minimum atomic E-state index is -0.571. The molecule has 1 aromatic heterocycles. The molecule has 2 aromatic rings. The molecule has 9 heteroatoms. The van der Waals surface area contributed by atoms with E-state index in [0.29, 0.717) is 18.5 Å². The van der Waals surface area contributed by atoms with Crippen molar-refractivity contribution in [3.63, 3.8) is 0 Å². The fourth-order valence-corrected chi connectivity index (χ4v) is 3.63. The van der Waals surface area contributed by atoms with Gasteiger partial charge in [0.25, 0.3) is 5.91 Å². The molecule has 30 heavy (non-hydrogen) atoms. The molecule has 0 radical (unpaired) electrons. The van der Waals surface area contributed by atoms with Crippen LogP contribution in [0.2, 0.25) is 0 Å². The number of carbonyl (C=O) groups excluding carboxylic acids is 1. The molecule has 2 saturated heterocycles. The number of amides is 1. The molecule has 1 amide bonds. The van der Waals surface area contributed by atoms with Gasteiger partial charge in [-0.1, -0.05) is 5.16 Å². The number of aromatic nitrogens is 1. The number of likely N-dealkylation sites (N-methyl/N-ethyl adjacent to an activating group) is 1. The van der Waals surface area contributed by atoms with Crippen LogP contribution in [0.5, 0.6) is 0 Å². The number of anilines is 2. The maximum Gasteiger partial charge on any atom is 0.266 e. The van der Waals surface area contributed by atoms with E-state index in [1.807, 2.05) is 12.1 Å². The first-order valence-corrected chi connectivity index (χ1v) is 9.97. The molecule has 0 saturated carbocycles. The van der Waals surface area contributed by atoms with Crippen LogP contribution in [0.4, 0.5) is 15.9 Å². The van der Waals surface area contributed by atoms with Crippen LogP contribution >= 0.6 is 0 Å². The Hall–Kier alpha value is -3.36. The Bertz CT molecular complexity index is 910. The quantitative estimate of drug-likeness (QED) is 0.454. The lowest BCUT2D eigenvalue weighted by Gasteiger charge is -2.36. The van der Waals surface area contributed by atoms with Gasteiger partial charge in [-0.15, -0.1) is 0 Å². The molecule has 4 rings (SSSR count). The zero-order chi connectivity index (χ0) is 21.1. The van der Waals surface area contributed by atoms with Crippen molar-refractivity contribution in [3.05, 3.63) is 54.0 Å². The van der Waals surface area contributed by atoms with Crippen molar-refractivity contribution < 1.29 is 14.0 Å². The number of oxime groups is 1. The van der Waals surface area contributed by atoms with E-state index in [1.165, 1.54) is 12.1 Å². The summed E-state index contributed by atoms with van der Waals surface area (Å²) in [6.45, 7) is 3.94. The molecule has 0 spiro atoms. The summed E-state index contributed by atoms with van der Waals surface area (Å²) in [4.78, 5) is 27.7. The van der Waals surface area contributed by atoms with E-state index in [4.69, 9.17) is 10.6 Å². The summed E-state index contributed by atoms with van der Waals surface area (Å²) < 4.78 is 13.1. The summed E-state index contributed by atoms with van der Waals surface area (Å²) in [6.07, 6.45) is 1.69. The molecular formula is C21H25FN6O2. The number of piperazine rings is 1. The molecule has 8 nitrogen and oxygen atoms in total. The second-order valence-electron chi connectivity index (χ2n) is 7.47. The number of likely N-dealkylation sites (tertiary alicyclic amines) is 1. The smallest absolute Gasteiger partial charge is 0.266 e. The maximum atomic E-state index is 13.1. The van der Waals surface area contributed by atoms with Crippen molar-refractivity contribution in [1.29, 1.82) is 0 Å². The van der Waals surface area contributed by atoms with Gasteiger partial charge in [-0.25, -0.2) is 9.37 Å². The lowest BCUT2D eigenvalue weighted by molar-refractivity contribution is -0.136. The third kappa shape index (κ3) is 4.29. The molecule has 3 heterocycles. The zero-order valence-corrected chi connectivity index (χ0v) is 16.9. The van der Waals surface area contributed by atoms with Crippen LogP contribution in [0, 0.1) is 5.82 Å². The molecule has 2 fully saturated rings. The number of hydrogen-bond donors (Lipinski definition) is 1. The van der Waals surface area contributed by atoms with Crippen LogP contribution in [0.15, 0.2) is 47.8 Å². The Morgan fingerprint density at radius 3 is 2.40 bits per heavy atom. The van der Waals surface area contributed by atoms with Crippen molar-refractivity contribution >= 4 is 23.2 Å². The highest BCUT2D eigenvalue weighted by atomic mass is 19.1. The standard InChI is InChI=1S/C21H25FN6O2/c1-26-9-8-18(21(26)29)30-25-20(23)15-2-7-19(24-14-15)28-12-10-27(11-13-28)17-5-3-16(22)4-6-17/h2-7,14,18H,8-13H2,1H3,(H2,23,25)/t18-/m1/s1. The fourth-order valence-electron chi connectivity index (χ4n) is 3.63. The van der Waals surface area contributed by atoms with E-state index < -0.39 is 6.10 Å². The molecule has 2 N–H and O–H groups in total. The number of halogens is 1. The highest BCUT2D eigenvalue weighted by molar-refractivity contribution is 5.97. The summed E-state index contributed by atoms with van der Waals surface area (Å²) in [7, 11) is 1.74. The number of amidine groups is 1. The minimum absolute atomic E-state index is 0.0835. The molecule has 0 unspecified atom stereocenters. The monoisotopic (exact) mass is 412 g/mol. The van der Waals surface area contributed by atoms with E-state index in [1.54, 1.807) is 30.3 Å². The number of carbonyl (C=O) groups is 1. The minimum Gasteiger partial charge on any atom is -0.381 e. The van der Waals surface area contributed by atoms with Crippen LogP contribution in [-0.4, -0.2) is 67.5 Å². The largest absolute Gasteiger partial charge is 0.381 e. The second kappa shape index (κ2) is 8.56. The second-order valence-corrected chi connectivity index (χ2v) is 7.47. The summed E-state index contributed by atoms with van der Waals surface area (Å²) in [5.41, 5.74) is 7.65. The van der Waals surface area contributed by atoms with Gasteiger partial charge in [-0.3, -0.25) is 4.79 Å². The van der Waals surface area contributed by atoms with Gasteiger partial charge in [-0.05, 0) is 36.4 Å². The topological polar surface area (TPSA) is 87.3 Å². The summed E-state index contributed by atoms with van der Waals surface area (Å²) in [5, 5.41) is 3.91. The predicted octanol–water partition coefficient (Wildman–Crippen LogP) is 1.41. The summed E-state index contributed by atoms with van der Waals surface area (Å²) in [6, 6.07) is 10.3. The number of nitrogens with zero attached hydrogens (tertiary/aromatic N) is 5. The van der Waals surface area contributed by atoms with E-state index in [2.05, 4.69) is 19.9 Å². The number of pyridine rings is 1. The molecule has 2 aliphatic rings. The first-order valence-electron chi connectivity index (χ1n) is 9.97. The molecule has 0 aliphatic carbocycles.